The van der Waals surface area contributed by atoms with Gasteiger partial charge < -0.3 is 14.4 Å². The van der Waals surface area contributed by atoms with Crippen LogP contribution in [0.1, 0.15) is 31.9 Å². The third kappa shape index (κ3) is 5.52. The van der Waals surface area contributed by atoms with Crippen LogP contribution in [0.25, 0.3) is 0 Å². The number of carbonyl (C=O) groups excluding carboxylic acids is 1. The molecule has 2 aromatic rings. The first-order valence-corrected chi connectivity index (χ1v) is 8.40. The number of carbonyl (C=O) groups is 1. The molecule has 0 fully saturated rings. The van der Waals surface area contributed by atoms with E-state index < -0.39 is 0 Å². The van der Waals surface area contributed by atoms with Crippen molar-refractivity contribution in [2.45, 2.75) is 32.7 Å². The smallest absolute Gasteiger partial charge is 0.260 e. The highest BCUT2D eigenvalue weighted by atomic mass is 16.5. The van der Waals surface area contributed by atoms with Crippen molar-refractivity contribution in [3.8, 4) is 11.5 Å². The van der Waals surface area contributed by atoms with E-state index in [1.807, 2.05) is 48.5 Å². The van der Waals surface area contributed by atoms with Crippen molar-refractivity contribution < 1.29 is 14.3 Å². The summed E-state index contributed by atoms with van der Waals surface area (Å²) in [5.41, 5.74) is 2.39. The van der Waals surface area contributed by atoms with E-state index in [2.05, 4.69) is 20.8 Å². The van der Waals surface area contributed by atoms with E-state index in [4.69, 9.17) is 9.47 Å². The molecule has 0 heterocycles. The lowest BCUT2D eigenvalue weighted by Crippen LogP contribution is -2.30. The van der Waals surface area contributed by atoms with Gasteiger partial charge in [-0.3, -0.25) is 4.79 Å². The Morgan fingerprint density at radius 3 is 2.04 bits per heavy atom. The second-order valence-electron chi connectivity index (χ2n) is 7.16. The Morgan fingerprint density at radius 2 is 1.52 bits per heavy atom. The Bertz CT molecular complexity index is 685. The number of hydrogen-bond donors (Lipinski definition) is 0. The first-order chi connectivity index (χ1) is 11.8. The van der Waals surface area contributed by atoms with E-state index in [0.717, 1.165) is 11.3 Å². The molecule has 0 saturated heterocycles. The summed E-state index contributed by atoms with van der Waals surface area (Å²) in [6, 6.07) is 15.6. The Kier molecular flexibility index (Phi) is 6.07. The lowest BCUT2D eigenvalue weighted by molar-refractivity contribution is -0.132. The molecule has 0 aliphatic carbocycles. The van der Waals surface area contributed by atoms with Gasteiger partial charge in [0.15, 0.2) is 6.61 Å². The SMILES string of the molecule is COc1ccc(CN(C)C(=O)COc2ccc(C(C)(C)C)cc2)cc1. The summed E-state index contributed by atoms with van der Waals surface area (Å²) in [5, 5.41) is 0. The number of nitrogens with zero attached hydrogens (tertiary/aromatic N) is 1. The molecule has 0 unspecified atom stereocenters. The number of benzene rings is 2. The van der Waals surface area contributed by atoms with E-state index in [9.17, 15) is 4.79 Å². The number of rotatable bonds is 6. The molecule has 1 amide bonds. The van der Waals surface area contributed by atoms with Gasteiger partial charge in [0.1, 0.15) is 11.5 Å². The van der Waals surface area contributed by atoms with Crippen LogP contribution < -0.4 is 9.47 Å². The quantitative estimate of drug-likeness (QED) is 0.796. The predicted octanol–water partition coefficient (Wildman–Crippen LogP) is 4.03. The first-order valence-electron chi connectivity index (χ1n) is 8.40. The molecule has 2 aromatic carbocycles. The number of hydrogen-bond acceptors (Lipinski definition) is 3. The maximum absolute atomic E-state index is 12.2. The normalized spacial score (nSPS) is 11.1. The number of likely N-dealkylation sites (N-methyl/N-ethyl adjacent to an activating group) is 1. The third-order valence-corrected chi connectivity index (χ3v) is 4.09. The summed E-state index contributed by atoms with van der Waals surface area (Å²) in [6.07, 6.45) is 0. The first kappa shape index (κ1) is 18.8. The Labute approximate surface area is 150 Å². The molecule has 134 valence electrons. The van der Waals surface area contributed by atoms with Crippen molar-refractivity contribution in [2.75, 3.05) is 20.8 Å². The molecule has 0 aromatic heterocycles. The Morgan fingerprint density at radius 1 is 0.960 bits per heavy atom. The second kappa shape index (κ2) is 8.06. The molecule has 0 saturated carbocycles. The van der Waals surface area contributed by atoms with Crippen LogP contribution in [0.2, 0.25) is 0 Å². The second-order valence-corrected chi connectivity index (χ2v) is 7.16. The molecule has 0 atom stereocenters. The van der Waals surface area contributed by atoms with Crippen molar-refractivity contribution in [3.63, 3.8) is 0 Å². The van der Waals surface area contributed by atoms with Crippen molar-refractivity contribution in [2.24, 2.45) is 0 Å². The minimum Gasteiger partial charge on any atom is -0.497 e. The molecule has 0 bridgehead atoms. The summed E-state index contributed by atoms with van der Waals surface area (Å²) < 4.78 is 10.8. The molecular weight excluding hydrogens is 314 g/mol. The fraction of sp³-hybridized carbons (Fsp3) is 0.381. The van der Waals surface area contributed by atoms with E-state index in [-0.39, 0.29) is 17.9 Å². The van der Waals surface area contributed by atoms with Gasteiger partial charge in [0.2, 0.25) is 0 Å². The van der Waals surface area contributed by atoms with Crippen LogP contribution in [0.3, 0.4) is 0 Å². The molecule has 25 heavy (non-hydrogen) atoms. The largest absolute Gasteiger partial charge is 0.497 e. The molecule has 0 spiro atoms. The van der Waals surface area contributed by atoms with Crippen molar-refractivity contribution in [1.29, 1.82) is 0 Å². The number of ether oxygens (including phenoxy) is 2. The van der Waals surface area contributed by atoms with Gasteiger partial charge in [0.05, 0.1) is 7.11 Å². The zero-order valence-electron chi connectivity index (χ0n) is 15.7. The highest BCUT2D eigenvalue weighted by Gasteiger charge is 2.14. The molecule has 0 aliphatic heterocycles. The van der Waals surface area contributed by atoms with Crippen LogP contribution in [0.5, 0.6) is 11.5 Å². The zero-order valence-corrected chi connectivity index (χ0v) is 15.7. The molecular formula is C21H27NO3. The molecule has 4 heteroatoms. The summed E-state index contributed by atoms with van der Waals surface area (Å²) in [6.45, 7) is 7.07. The lowest BCUT2D eigenvalue weighted by Gasteiger charge is -2.20. The van der Waals surface area contributed by atoms with Gasteiger partial charge in [0.25, 0.3) is 5.91 Å². The average Bonchev–Trinajstić information content (AvgIpc) is 2.60. The number of methoxy groups -OCH3 is 1. The van der Waals surface area contributed by atoms with Gasteiger partial charge in [-0.25, -0.2) is 0 Å². The van der Waals surface area contributed by atoms with Gasteiger partial charge in [-0.1, -0.05) is 45.0 Å². The van der Waals surface area contributed by atoms with Crippen LogP contribution in [0.15, 0.2) is 48.5 Å². The summed E-state index contributed by atoms with van der Waals surface area (Å²) in [4.78, 5) is 13.9. The van der Waals surface area contributed by atoms with Crippen molar-refractivity contribution in [3.05, 3.63) is 59.7 Å². The third-order valence-electron chi connectivity index (χ3n) is 4.09. The average molecular weight is 341 g/mol. The maximum Gasteiger partial charge on any atom is 0.260 e. The minimum atomic E-state index is -0.0595. The van der Waals surface area contributed by atoms with Gasteiger partial charge >= 0.3 is 0 Å². The minimum absolute atomic E-state index is 0.0293. The fourth-order valence-electron chi connectivity index (χ4n) is 2.40. The van der Waals surface area contributed by atoms with E-state index in [1.165, 1.54) is 5.56 Å². The lowest BCUT2D eigenvalue weighted by atomic mass is 9.87. The summed E-state index contributed by atoms with van der Waals surface area (Å²) in [5.74, 6) is 1.45. The van der Waals surface area contributed by atoms with Crippen molar-refractivity contribution in [1.82, 2.24) is 4.90 Å². The monoisotopic (exact) mass is 341 g/mol. The van der Waals surface area contributed by atoms with Crippen LogP contribution in [-0.2, 0) is 16.8 Å². The van der Waals surface area contributed by atoms with Gasteiger partial charge in [-0.2, -0.15) is 0 Å². The molecule has 4 nitrogen and oxygen atoms in total. The Balaban J connectivity index is 1.86. The van der Waals surface area contributed by atoms with Gasteiger partial charge in [0, 0.05) is 13.6 Å². The molecule has 2 rings (SSSR count). The molecule has 0 N–H and O–H groups in total. The van der Waals surface area contributed by atoms with Gasteiger partial charge in [-0.15, -0.1) is 0 Å². The zero-order chi connectivity index (χ0) is 18.4. The fourth-order valence-corrected chi connectivity index (χ4v) is 2.40. The van der Waals surface area contributed by atoms with Crippen LogP contribution in [0.4, 0.5) is 0 Å². The van der Waals surface area contributed by atoms with Crippen LogP contribution in [-0.4, -0.2) is 31.6 Å². The van der Waals surface area contributed by atoms with Gasteiger partial charge in [-0.05, 0) is 40.8 Å². The van der Waals surface area contributed by atoms with Crippen LogP contribution in [0, 0.1) is 0 Å². The van der Waals surface area contributed by atoms with E-state index in [1.54, 1.807) is 19.1 Å². The summed E-state index contributed by atoms with van der Waals surface area (Å²) >= 11 is 0. The highest BCUT2D eigenvalue weighted by molar-refractivity contribution is 5.77. The summed E-state index contributed by atoms with van der Waals surface area (Å²) in [7, 11) is 3.41. The van der Waals surface area contributed by atoms with E-state index in [0.29, 0.717) is 12.3 Å². The van der Waals surface area contributed by atoms with Crippen molar-refractivity contribution >= 4 is 5.91 Å². The standard InChI is InChI=1S/C21H27NO3/c1-21(2,3)17-8-12-19(13-9-17)25-15-20(23)22(4)14-16-6-10-18(24-5)11-7-16/h6-13H,14-15H2,1-5H3. The molecule has 0 aliphatic rings. The Hall–Kier alpha value is -2.49. The molecule has 0 radical (unpaired) electrons. The maximum atomic E-state index is 12.2. The highest BCUT2D eigenvalue weighted by Crippen LogP contribution is 2.24. The van der Waals surface area contributed by atoms with Crippen LogP contribution >= 0.6 is 0 Å². The van der Waals surface area contributed by atoms with E-state index >= 15 is 0 Å². The predicted molar refractivity (Wildman–Crippen MR) is 100 cm³/mol. The topological polar surface area (TPSA) is 38.8 Å². The number of amides is 1.